The van der Waals surface area contributed by atoms with E-state index >= 15 is 0 Å². The third-order valence-corrected chi connectivity index (χ3v) is 5.88. The van der Waals surface area contributed by atoms with Gasteiger partial charge in [0.25, 0.3) is 0 Å². The van der Waals surface area contributed by atoms with Crippen molar-refractivity contribution in [3.8, 4) is 5.75 Å². The number of piperidine rings is 1. The Morgan fingerprint density at radius 1 is 1.42 bits per heavy atom. The van der Waals surface area contributed by atoms with Crippen LogP contribution < -0.4 is 15.2 Å². The highest BCUT2D eigenvalue weighted by Gasteiger charge is 2.28. The van der Waals surface area contributed by atoms with E-state index < -0.39 is 10.2 Å². The number of fused-ring (bicyclic) bond motifs is 1. The molecule has 0 radical (unpaired) electrons. The number of rotatable bonds is 5. The highest BCUT2D eigenvalue weighted by Crippen LogP contribution is 2.31. The zero-order valence-electron chi connectivity index (χ0n) is 14.2. The Bertz CT molecular complexity index is 828. The summed E-state index contributed by atoms with van der Waals surface area (Å²) in [5, 5.41) is 0. The number of ether oxygens (including phenoxy) is 1. The molecule has 1 amide bonds. The Labute approximate surface area is 166 Å². The number of nitrogens with one attached hydrogen (secondary N) is 1. The van der Waals surface area contributed by atoms with Gasteiger partial charge < -0.3 is 15.4 Å². The number of benzene rings is 1. The second kappa shape index (κ2) is 7.99. The maximum Gasteiger partial charge on any atom is 0.344 e. The Kier molecular flexibility index (Phi) is 5.90. The zero-order valence-corrected chi connectivity index (χ0v) is 17.1. The minimum Gasteiger partial charge on any atom is -0.491 e. The maximum absolute atomic E-state index is 12.3. The molecule has 0 unspecified atom stereocenters. The van der Waals surface area contributed by atoms with Crippen LogP contribution in [0.15, 0.2) is 22.6 Å². The third-order valence-electron chi connectivity index (χ3n) is 4.43. The topological polar surface area (TPSA) is 114 Å². The number of amides is 1. The molecule has 1 saturated heterocycles. The van der Waals surface area contributed by atoms with Crippen LogP contribution in [0.3, 0.4) is 0 Å². The number of carbonyl (C=O) groups excluding carboxylic acids is 1. The minimum atomic E-state index is -3.82. The average Bonchev–Trinajstić information content (AvgIpc) is 2.59. The van der Waals surface area contributed by atoms with Crippen LogP contribution in [0.2, 0.25) is 0 Å². The first-order chi connectivity index (χ1) is 12.4. The molecule has 2 aliphatic rings. The fourth-order valence-corrected chi connectivity index (χ4v) is 4.56. The van der Waals surface area contributed by atoms with Gasteiger partial charge >= 0.3 is 10.2 Å². The van der Waals surface area contributed by atoms with Crippen molar-refractivity contribution in [3.05, 3.63) is 23.8 Å². The Morgan fingerprint density at radius 3 is 3.00 bits per heavy atom. The standard InChI is InChI=1S/C16H21IN4O4S/c17-8-7-14(22)21-9-2-1-4-11(21)10-25-13-6-3-5-12-15(13)16(18)20-26(23,24)19-12/h3,5-6,11,19H,1-2,4,7-10H2,(H2,18,20)/t11-/m1/s1. The Balaban J connectivity index is 1.77. The number of nitrogens with zero attached hydrogens (tertiary/aromatic N) is 2. The smallest absolute Gasteiger partial charge is 0.344 e. The lowest BCUT2D eigenvalue weighted by Crippen LogP contribution is -2.46. The number of halogens is 1. The first-order valence-corrected chi connectivity index (χ1v) is 11.4. The SMILES string of the molecule is NC1=NS(=O)(=O)Nc2cccc(OC[C@H]3CCCCN3C(=O)CCI)c21. The van der Waals surface area contributed by atoms with Crippen molar-refractivity contribution in [1.82, 2.24) is 4.90 Å². The number of amidine groups is 1. The van der Waals surface area contributed by atoms with E-state index in [1.54, 1.807) is 18.2 Å². The van der Waals surface area contributed by atoms with Gasteiger partial charge in [0.1, 0.15) is 12.4 Å². The summed E-state index contributed by atoms with van der Waals surface area (Å²) in [6, 6.07) is 5.03. The number of hydrogen-bond donors (Lipinski definition) is 2. The molecule has 3 rings (SSSR count). The molecule has 1 aromatic rings. The number of nitrogens with two attached hydrogens (primary N) is 1. The lowest BCUT2D eigenvalue weighted by molar-refractivity contribution is -0.135. The second-order valence-corrected chi connectivity index (χ2v) is 8.63. The molecule has 10 heteroatoms. The number of carbonyl (C=O) groups is 1. The molecular weight excluding hydrogens is 471 g/mol. The zero-order chi connectivity index (χ0) is 18.7. The molecule has 8 nitrogen and oxygen atoms in total. The fraction of sp³-hybridized carbons (Fsp3) is 0.500. The van der Waals surface area contributed by atoms with Gasteiger partial charge in [0.05, 0.1) is 17.3 Å². The van der Waals surface area contributed by atoms with Crippen LogP contribution in [0.25, 0.3) is 0 Å². The molecular formula is C16H21IN4O4S. The van der Waals surface area contributed by atoms with Crippen molar-refractivity contribution in [2.75, 3.05) is 22.3 Å². The normalized spacial score (nSPS) is 21.3. The van der Waals surface area contributed by atoms with Gasteiger partial charge in [0, 0.05) is 17.4 Å². The molecule has 0 aromatic heterocycles. The van der Waals surface area contributed by atoms with E-state index in [-0.39, 0.29) is 17.8 Å². The van der Waals surface area contributed by atoms with Gasteiger partial charge in [-0.15, -0.1) is 4.40 Å². The van der Waals surface area contributed by atoms with Crippen molar-refractivity contribution < 1.29 is 17.9 Å². The van der Waals surface area contributed by atoms with Crippen molar-refractivity contribution in [2.24, 2.45) is 10.1 Å². The van der Waals surface area contributed by atoms with Gasteiger partial charge in [-0.2, -0.15) is 8.42 Å². The summed E-state index contributed by atoms with van der Waals surface area (Å²) in [6.45, 7) is 1.09. The van der Waals surface area contributed by atoms with Crippen LogP contribution in [-0.2, 0) is 15.0 Å². The van der Waals surface area contributed by atoms with Crippen molar-refractivity contribution in [3.63, 3.8) is 0 Å². The largest absolute Gasteiger partial charge is 0.491 e. The molecule has 3 N–H and O–H groups in total. The molecule has 0 saturated carbocycles. The van der Waals surface area contributed by atoms with Crippen LogP contribution in [-0.4, -0.2) is 48.7 Å². The van der Waals surface area contributed by atoms with Crippen LogP contribution >= 0.6 is 22.6 Å². The third kappa shape index (κ3) is 4.22. The molecule has 26 heavy (non-hydrogen) atoms. The van der Waals surface area contributed by atoms with E-state index in [1.807, 2.05) is 4.90 Å². The fourth-order valence-electron chi connectivity index (χ4n) is 3.25. The van der Waals surface area contributed by atoms with Crippen LogP contribution in [0, 0.1) is 0 Å². The van der Waals surface area contributed by atoms with Gasteiger partial charge in [-0.05, 0) is 31.4 Å². The van der Waals surface area contributed by atoms with Gasteiger partial charge in [-0.25, -0.2) is 0 Å². The van der Waals surface area contributed by atoms with Crippen LogP contribution in [0.5, 0.6) is 5.75 Å². The second-order valence-electron chi connectivity index (χ2n) is 6.22. The van der Waals surface area contributed by atoms with E-state index in [9.17, 15) is 13.2 Å². The Morgan fingerprint density at radius 2 is 2.23 bits per heavy atom. The first-order valence-electron chi connectivity index (χ1n) is 8.41. The van der Waals surface area contributed by atoms with E-state index in [2.05, 4.69) is 31.7 Å². The maximum atomic E-state index is 12.3. The summed E-state index contributed by atoms with van der Waals surface area (Å²) >= 11 is 2.20. The highest BCUT2D eigenvalue weighted by molar-refractivity contribution is 14.1. The minimum absolute atomic E-state index is 0.00787. The first kappa shape index (κ1) is 19.2. The Hall–Kier alpha value is -1.56. The number of likely N-dealkylation sites (tertiary alicyclic amines) is 1. The van der Waals surface area contributed by atoms with Gasteiger partial charge in [0.2, 0.25) is 5.91 Å². The average molecular weight is 492 g/mol. The molecule has 142 valence electrons. The summed E-state index contributed by atoms with van der Waals surface area (Å²) < 4.78 is 35.9. The van der Waals surface area contributed by atoms with Gasteiger partial charge in [0.15, 0.2) is 5.84 Å². The van der Waals surface area contributed by atoms with Crippen LogP contribution in [0.1, 0.15) is 31.2 Å². The van der Waals surface area contributed by atoms with E-state index in [1.165, 1.54) is 0 Å². The predicted molar refractivity (Wildman–Crippen MR) is 108 cm³/mol. The molecule has 2 heterocycles. The molecule has 0 aliphatic carbocycles. The van der Waals surface area contributed by atoms with E-state index in [4.69, 9.17) is 10.5 Å². The van der Waals surface area contributed by atoms with Gasteiger partial charge in [-0.3, -0.25) is 9.52 Å². The molecule has 1 atom stereocenters. The summed E-state index contributed by atoms with van der Waals surface area (Å²) in [4.78, 5) is 14.2. The highest BCUT2D eigenvalue weighted by atomic mass is 127. The lowest BCUT2D eigenvalue weighted by atomic mass is 10.0. The van der Waals surface area contributed by atoms with Crippen molar-refractivity contribution >= 4 is 50.2 Å². The monoisotopic (exact) mass is 492 g/mol. The van der Waals surface area contributed by atoms with E-state index in [0.29, 0.717) is 30.0 Å². The number of alkyl halides is 1. The molecule has 0 spiro atoms. The molecule has 0 bridgehead atoms. The molecule has 2 aliphatic heterocycles. The summed E-state index contributed by atoms with van der Waals surface area (Å²) in [5.41, 5.74) is 6.61. The molecule has 1 aromatic carbocycles. The quantitative estimate of drug-likeness (QED) is 0.480. The van der Waals surface area contributed by atoms with Crippen LogP contribution in [0.4, 0.5) is 5.69 Å². The predicted octanol–water partition coefficient (Wildman–Crippen LogP) is 1.65. The van der Waals surface area contributed by atoms with Crippen molar-refractivity contribution in [2.45, 2.75) is 31.7 Å². The number of hydrogen-bond acceptors (Lipinski definition) is 5. The molecule has 1 fully saturated rings. The number of anilines is 1. The summed E-state index contributed by atoms with van der Waals surface area (Å²) in [6.07, 6.45) is 3.47. The lowest BCUT2D eigenvalue weighted by Gasteiger charge is -2.35. The van der Waals surface area contributed by atoms with Crippen molar-refractivity contribution in [1.29, 1.82) is 0 Å². The van der Waals surface area contributed by atoms with E-state index in [0.717, 1.165) is 30.2 Å². The summed E-state index contributed by atoms with van der Waals surface area (Å²) in [7, 11) is -3.82. The van der Waals surface area contributed by atoms with Gasteiger partial charge in [-0.1, -0.05) is 28.7 Å². The summed E-state index contributed by atoms with van der Waals surface area (Å²) in [5.74, 6) is 0.505.